The average Bonchev–Trinajstić information content (AvgIpc) is 3.06. The molecule has 36 heavy (non-hydrogen) atoms. The van der Waals surface area contributed by atoms with Gasteiger partial charge in [0.15, 0.2) is 6.10 Å². The van der Waals surface area contributed by atoms with Crippen molar-refractivity contribution in [3.8, 4) is 11.1 Å². The Labute approximate surface area is 216 Å². The summed E-state index contributed by atoms with van der Waals surface area (Å²) in [5.41, 5.74) is 6.51. The zero-order valence-electron chi connectivity index (χ0n) is 21.7. The Morgan fingerprint density at radius 1 is 1.08 bits per heavy atom. The van der Waals surface area contributed by atoms with Gasteiger partial charge in [0.1, 0.15) is 12.0 Å². The van der Waals surface area contributed by atoms with Crippen molar-refractivity contribution in [2.75, 3.05) is 7.11 Å². The summed E-state index contributed by atoms with van der Waals surface area (Å²) in [6.45, 7) is 12.4. The molecule has 3 aromatic heterocycles. The lowest BCUT2D eigenvalue weighted by molar-refractivity contribution is -0.164. The van der Waals surface area contributed by atoms with Gasteiger partial charge in [-0.3, -0.25) is 0 Å². The summed E-state index contributed by atoms with van der Waals surface area (Å²) in [5, 5.41) is 1.59. The van der Waals surface area contributed by atoms with Gasteiger partial charge in [0.25, 0.3) is 0 Å². The number of methoxy groups -OCH3 is 1. The third kappa shape index (κ3) is 4.99. The smallest absolute Gasteiger partial charge is 0.339 e. The lowest BCUT2D eigenvalue weighted by Crippen LogP contribution is -2.29. The maximum Gasteiger partial charge on any atom is 0.339 e. The van der Waals surface area contributed by atoms with Crippen LogP contribution in [0, 0.1) is 20.8 Å². The van der Waals surface area contributed by atoms with E-state index in [1.165, 1.54) is 13.4 Å². The number of hydrogen-bond acceptors (Lipinski definition) is 6. The Morgan fingerprint density at radius 2 is 1.72 bits per heavy atom. The Morgan fingerprint density at radius 3 is 2.31 bits per heavy atom. The van der Waals surface area contributed by atoms with E-state index in [2.05, 4.69) is 28.4 Å². The van der Waals surface area contributed by atoms with Gasteiger partial charge in [0, 0.05) is 50.9 Å². The van der Waals surface area contributed by atoms with Crippen molar-refractivity contribution >= 4 is 28.6 Å². The van der Waals surface area contributed by atoms with Crippen molar-refractivity contribution in [2.24, 2.45) is 0 Å². The molecule has 0 fully saturated rings. The molecule has 4 rings (SSSR count). The van der Waals surface area contributed by atoms with Gasteiger partial charge >= 0.3 is 5.97 Å². The quantitative estimate of drug-likeness (QED) is 0.292. The molecule has 0 radical (unpaired) electrons. The van der Waals surface area contributed by atoms with Gasteiger partial charge < -0.3 is 14.0 Å². The number of fused-ring (bicyclic) bond motifs is 1. The molecule has 0 aliphatic carbocycles. The molecular weight excluding hydrogens is 476 g/mol. The number of aryl methyl sites for hydroxylation is 2. The highest BCUT2D eigenvalue weighted by Gasteiger charge is 2.34. The highest BCUT2D eigenvalue weighted by atomic mass is 35.5. The van der Waals surface area contributed by atoms with Crippen LogP contribution in [0.5, 0.6) is 0 Å². The van der Waals surface area contributed by atoms with Crippen LogP contribution in [0.4, 0.5) is 0 Å². The fraction of sp³-hybridized carbons (Fsp3) is 0.357. The Hall–Kier alpha value is -3.29. The molecule has 1 atom stereocenters. The van der Waals surface area contributed by atoms with Crippen LogP contribution in [-0.4, -0.2) is 38.2 Å². The minimum absolute atomic E-state index is 0.473. The van der Waals surface area contributed by atoms with Crippen LogP contribution in [0.25, 0.3) is 22.2 Å². The van der Waals surface area contributed by atoms with Crippen LogP contribution < -0.4 is 0 Å². The topological polar surface area (TPSA) is 79.1 Å². The van der Waals surface area contributed by atoms with E-state index in [0.717, 1.165) is 39.0 Å². The predicted molar refractivity (Wildman–Crippen MR) is 141 cm³/mol. The van der Waals surface area contributed by atoms with Crippen LogP contribution in [0.1, 0.15) is 55.0 Å². The molecule has 4 aromatic rings. The molecule has 0 spiro atoms. The standard InChI is InChI=1S/C28H31ClN4O3/c1-16-18(3)33(14-19-12-30-15-31-13-19)26-22(16)24(20-8-10-21(29)11-9-20)23(17(2)32-26)25(27(34)35-7)36-28(4,5)6/h8-13,15,25H,14H2,1-7H3/t25-/m0/s1. The van der Waals surface area contributed by atoms with Crippen molar-refractivity contribution < 1.29 is 14.3 Å². The molecule has 1 aromatic carbocycles. The maximum absolute atomic E-state index is 13.1. The minimum Gasteiger partial charge on any atom is -0.467 e. The summed E-state index contributed by atoms with van der Waals surface area (Å²) in [4.78, 5) is 26.5. The van der Waals surface area contributed by atoms with Crippen molar-refractivity contribution in [3.63, 3.8) is 0 Å². The van der Waals surface area contributed by atoms with Crippen molar-refractivity contribution in [2.45, 2.75) is 59.8 Å². The monoisotopic (exact) mass is 506 g/mol. The Kier molecular flexibility index (Phi) is 7.16. The third-order valence-electron chi connectivity index (χ3n) is 6.22. The van der Waals surface area contributed by atoms with Crippen LogP contribution >= 0.6 is 11.6 Å². The van der Waals surface area contributed by atoms with Gasteiger partial charge in [-0.25, -0.2) is 19.7 Å². The lowest BCUT2D eigenvalue weighted by atomic mass is 9.91. The number of hydrogen-bond donors (Lipinski definition) is 0. The molecule has 0 unspecified atom stereocenters. The minimum atomic E-state index is -0.955. The van der Waals surface area contributed by atoms with Crippen LogP contribution in [0.3, 0.4) is 0 Å². The van der Waals surface area contributed by atoms with Crippen molar-refractivity contribution in [1.29, 1.82) is 0 Å². The predicted octanol–water partition coefficient (Wildman–Crippen LogP) is 6.15. The molecule has 0 saturated heterocycles. The van der Waals surface area contributed by atoms with Gasteiger partial charge in [0.05, 0.1) is 19.3 Å². The first-order chi connectivity index (χ1) is 17.0. The number of carbonyl (C=O) groups excluding carboxylic acids is 1. The molecular formula is C28H31ClN4O3. The second-order valence-corrected chi connectivity index (χ2v) is 10.3. The van der Waals surface area contributed by atoms with Crippen LogP contribution in [0.2, 0.25) is 5.02 Å². The molecule has 188 valence electrons. The number of benzene rings is 1. The number of nitrogens with zero attached hydrogens (tertiary/aromatic N) is 4. The molecule has 0 N–H and O–H groups in total. The summed E-state index contributed by atoms with van der Waals surface area (Å²) < 4.78 is 13.7. The summed E-state index contributed by atoms with van der Waals surface area (Å²) in [5.74, 6) is -0.473. The van der Waals surface area contributed by atoms with Gasteiger partial charge in [-0.1, -0.05) is 23.7 Å². The number of aromatic nitrogens is 4. The fourth-order valence-corrected chi connectivity index (χ4v) is 4.63. The van der Waals surface area contributed by atoms with Crippen molar-refractivity contribution in [3.05, 3.63) is 76.1 Å². The molecule has 0 aliphatic rings. The number of rotatable bonds is 6. The lowest BCUT2D eigenvalue weighted by Gasteiger charge is -2.28. The second kappa shape index (κ2) is 9.99. The Bertz CT molecular complexity index is 1410. The van der Waals surface area contributed by atoms with Crippen molar-refractivity contribution in [1.82, 2.24) is 19.5 Å². The zero-order valence-corrected chi connectivity index (χ0v) is 22.5. The van der Waals surface area contributed by atoms with Gasteiger partial charge in [0.2, 0.25) is 0 Å². The summed E-state index contributed by atoms with van der Waals surface area (Å²) in [7, 11) is 1.37. The first kappa shape index (κ1) is 25.8. The van der Waals surface area contributed by atoms with Gasteiger partial charge in [-0.05, 0) is 64.8 Å². The largest absolute Gasteiger partial charge is 0.467 e. The first-order valence-corrected chi connectivity index (χ1v) is 12.1. The van der Waals surface area contributed by atoms with E-state index in [1.54, 1.807) is 12.4 Å². The second-order valence-electron chi connectivity index (χ2n) is 9.87. The van der Waals surface area contributed by atoms with E-state index in [1.807, 2.05) is 52.0 Å². The van der Waals surface area contributed by atoms with E-state index < -0.39 is 17.7 Å². The Balaban J connectivity index is 2.08. The first-order valence-electron chi connectivity index (χ1n) is 11.8. The number of halogens is 1. The summed E-state index contributed by atoms with van der Waals surface area (Å²) >= 11 is 6.23. The average molecular weight is 507 g/mol. The molecule has 0 aliphatic heterocycles. The van der Waals surface area contributed by atoms with Gasteiger partial charge in [-0.2, -0.15) is 0 Å². The molecule has 0 bridgehead atoms. The zero-order chi connectivity index (χ0) is 26.2. The number of ether oxygens (including phenoxy) is 2. The highest BCUT2D eigenvalue weighted by molar-refractivity contribution is 6.30. The highest BCUT2D eigenvalue weighted by Crippen LogP contribution is 2.42. The van der Waals surface area contributed by atoms with E-state index >= 15 is 0 Å². The van der Waals surface area contributed by atoms with Gasteiger partial charge in [-0.15, -0.1) is 0 Å². The SMILES string of the molecule is COC(=O)[C@@H](OC(C)(C)C)c1c(C)nc2c(c(C)c(C)n2Cc2cncnc2)c1-c1ccc(Cl)cc1. The summed E-state index contributed by atoms with van der Waals surface area (Å²) in [6, 6.07) is 7.62. The van der Waals surface area contributed by atoms with E-state index in [9.17, 15) is 4.79 Å². The molecule has 7 nitrogen and oxygen atoms in total. The maximum atomic E-state index is 13.1. The normalized spacial score (nSPS) is 12.7. The van der Waals surface area contributed by atoms with E-state index in [0.29, 0.717) is 22.8 Å². The van der Waals surface area contributed by atoms with E-state index in [4.69, 9.17) is 26.1 Å². The van der Waals surface area contributed by atoms with Crippen LogP contribution in [-0.2, 0) is 20.8 Å². The fourth-order valence-electron chi connectivity index (χ4n) is 4.51. The molecule has 0 saturated carbocycles. The summed E-state index contributed by atoms with van der Waals surface area (Å²) in [6.07, 6.45) is 4.17. The van der Waals surface area contributed by atoms with Crippen LogP contribution in [0.15, 0.2) is 43.0 Å². The number of pyridine rings is 1. The molecule has 0 amide bonds. The third-order valence-corrected chi connectivity index (χ3v) is 6.47. The van der Waals surface area contributed by atoms with E-state index in [-0.39, 0.29) is 0 Å². The number of carbonyl (C=O) groups is 1. The molecule has 3 heterocycles. The molecule has 8 heteroatoms. The number of esters is 1.